The van der Waals surface area contributed by atoms with Gasteiger partial charge < -0.3 is 10.8 Å². The minimum absolute atomic E-state index is 0.214. The van der Waals surface area contributed by atoms with E-state index in [1.165, 1.54) is 12.8 Å². The molecule has 0 aromatic carbocycles. The summed E-state index contributed by atoms with van der Waals surface area (Å²) >= 11 is 0. The second-order valence-electron chi connectivity index (χ2n) is 5.59. The third-order valence-electron chi connectivity index (χ3n) is 3.41. The molecule has 3 N–H and O–H groups in total. The van der Waals surface area contributed by atoms with Crippen LogP contribution in [0.2, 0.25) is 0 Å². The number of carboxylic acid groups (broad SMARTS) is 1. The number of hydrogen-bond acceptors (Lipinski definition) is 2. The SMILES string of the molecule is NC(=O)CCCCC=CCC=CCCCCCCCC(=O)O. The number of amides is 1. The standard InChI is InChI=1S/C18H31NO3/c19-17(20)15-13-11-9-7-5-3-1-2-4-6-8-10-12-14-16-18(21)22/h1-2,5,7H,3-4,6,8-16H2,(H2,19,20)(H,21,22). The van der Waals surface area contributed by atoms with E-state index in [1.807, 2.05) is 0 Å². The van der Waals surface area contributed by atoms with Gasteiger partial charge in [0, 0.05) is 12.8 Å². The van der Waals surface area contributed by atoms with Crippen molar-refractivity contribution < 1.29 is 14.7 Å². The summed E-state index contributed by atoms with van der Waals surface area (Å²) in [4.78, 5) is 20.9. The lowest BCUT2D eigenvalue weighted by molar-refractivity contribution is -0.137. The van der Waals surface area contributed by atoms with Gasteiger partial charge in [0.25, 0.3) is 0 Å². The van der Waals surface area contributed by atoms with E-state index in [9.17, 15) is 9.59 Å². The maximum atomic E-state index is 10.5. The molecule has 4 nitrogen and oxygen atoms in total. The molecule has 0 atom stereocenters. The van der Waals surface area contributed by atoms with Gasteiger partial charge in [-0.25, -0.2) is 0 Å². The summed E-state index contributed by atoms with van der Waals surface area (Å²) in [5.74, 6) is -0.905. The van der Waals surface area contributed by atoms with E-state index in [2.05, 4.69) is 24.3 Å². The molecule has 0 bridgehead atoms. The van der Waals surface area contributed by atoms with E-state index in [1.54, 1.807) is 0 Å². The van der Waals surface area contributed by atoms with Gasteiger partial charge in [-0.1, -0.05) is 43.6 Å². The van der Waals surface area contributed by atoms with Crippen LogP contribution >= 0.6 is 0 Å². The first-order valence-corrected chi connectivity index (χ1v) is 8.43. The molecule has 4 heteroatoms. The summed E-state index contributed by atoms with van der Waals surface area (Å²) < 4.78 is 0. The van der Waals surface area contributed by atoms with Crippen LogP contribution in [0.5, 0.6) is 0 Å². The van der Waals surface area contributed by atoms with Gasteiger partial charge in [0.05, 0.1) is 0 Å². The molecule has 0 spiro atoms. The van der Waals surface area contributed by atoms with Crippen molar-refractivity contribution in [1.29, 1.82) is 0 Å². The van der Waals surface area contributed by atoms with E-state index in [-0.39, 0.29) is 5.91 Å². The van der Waals surface area contributed by atoms with Crippen LogP contribution in [0, 0.1) is 0 Å². The predicted octanol–water partition coefficient (Wildman–Crippen LogP) is 4.35. The largest absolute Gasteiger partial charge is 0.481 e. The summed E-state index contributed by atoms with van der Waals surface area (Å²) in [6.07, 6.45) is 19.8. The molecule has 0 rings (SSSR count). The molecule has 0 unspecified atom stereocenters. The molecule has 22 heavy (non-hydrogen) atoms. The molecular weight excluding hydrogens is 278 g/mol. The van der Waals surface area contributed by atoms with Crippen LogP contribution in [-0.4, -0.2) is 17.0 Å². The molecular formula is C18H31NO3. The van der Waals surface area contributed by atoms with Crippen molar-refractivity contribution in [2.75, 3.05) is 0 Å². The monoisotopic (exact) mass is 309 g/mol. The smallest absolute Gasteiger partial charge is 0.303 e. The number of rotatable bonds is 15. The van der Waals surface area contributed by atoms with Gasteiger partial charge in [0.15, 0.2) is 0 Å². The number of unbranched alkanes of at least 4 members (excludes halogenated alkanes) is 7. The van der Waals surface area contributed by atoms with Gasteiger partial charge in [-0.05, 0) is 44.9 Å². The molecule has 0 aliphatic carbocycles. The maximum absolute atomic E-state index is 10.5. The van der Waals surface area contributed by atoms with Crippen molar-refractivity contribution in [3.8, 4) is 0 Å². The third kappa shape index (κ3) is 18.4. The lowest BCUT2D eigenvalue weighted by atomic mass is 10.1. The van der Waals surface area contributed by atoms with E-state index in [0.29, 0.717) is 12.8 Å². The fourth-order valence-corrected chi connectivity index (χ4v) is 2.14. The number of hydrogen-bond donors (Lipinski definition) is 2. The Bertz CT molecular complexity index is 348. The Balaban J connectivity index is 3.23. The Morgan fingerprint density at radius 1 is 0.727 bits per heavy atom. The Hall–Kier alpha value is -1.58. The fourth-order valence-electron chi connectivity index (χ4n) is 2.14. The first-order valence-electron chi connectivity index (χ1n) is 8.43. The molecule has 0 saturated carbocycles. The number of carbonyl (C=O) groups excluding carboxylic acids is 1. The van der Waals surface area contributed by atoms with Crippen molar-refractivity contribution in [1.82, 2.24) is 0 Å². The van der Waals surface area contributed by atoms with Crippen LogP contribution in [0.4, 0.5) is 0 Å². The van der Waals surface area contributed by atoms with Crippen molar-refractivity contribution in [3.05, 3.63) is 24.3 Å². The Kier molecular flexibility index (Phi) is 14.7. The number of carbonyl (C=O) groups is 2. The van der Waals surface area contributed by atoms with Crippen LogP contribution in [0.1, 0.15) is 77.0 Å². The molecule has 0 aromatic heterocycles. The zero-order chi connectivity index (χ0) is 16.5. The summed E-state index contributed by atoms with van der Waals surface area (Å²) in [7, 11) is 0. The van der Waals surface area contributed by atoms with Gasteiger partial charge in [-0.15, -0.1) is 0 Å². The highest BCUT2D eigenvalue weighted by molar-refractivity contribution is 5.73. The molecule has 1 amide bonds. The van der Waals surface area contributed by atoms with Gasteiger partial charge in [-0.3, -0.25) is 9.59 Å². The number of allylic oxidation sites excluding steroid dienone is 4. The second kappa shape index (κ2) is 15.8. The quantitative estimate of drug-likeness (QED) is 0.348. The number of carboxylic acids is 1. The normalized spacial score (nSPS) is 11.5. The van der Waals surface area contributed by atoms with E-state index in [0.717, 1.165) is 51.4 Å². The minimum Gasteiger partial charge on any atom is -0.481 e. The first kappa shape index (κ1) is 20.4. The highest BCUT2D eigenvalue weighted by atomic mass is 16.4. The van der Waals surface area contributed by atoms with Crippen molar-refractivity contribution in [2.45, 2.75) is 77.0 Å². The fraction of sp³-hybridized carbons (Fsp3) is 0.667. The molecule has 0 aromatic rings. The van der Waals surface area contributed by atoms with E-state index >= 15 is 0 Å². The first-order chi connectivity index (χ1) is 10.6. The molecule has 0 saturated heterocycles. The Labute approximate surface area is 134 Å². The van der Waals surface area contributed by atoms with E-state index < -0.39 is 5.97 Å². The predicted molar refractivity (Wildman–Crippen MR) is 90.5 cm³/mol. The lowest BCUT2D eigenvalue weighted by Gasteiger charge is -1.98. The highest BCUT2D eigenvalue weighted by Crippen LogP contribution is 2.08. The summed E-state index contributed by atoms with van der Waals surface area (Å²) in [5.41, 5.74) is 5.07. The lowest BCUT2D eigenvalue weighted by Crippen LogP contribution is -2.09. The molecule has 0 fully saturated rings. The Morgan fingerprint density at radius 2 is 1.23 bits per heavy atom. The zero-order valence-corrected chi connectivity index (χ0v) is 13.6. The van der Waals surface area contributed by atoms with Gasteiger partial charge >= 0.3 is 5.97 Å². The van der Waals surface area contributed by atoms with E-state index in [4.69, 9.17) is 10.8 Å². The van der Waals surface area contributed by atoms with Crippen molar-refractivity contribution in [3.63, 3.8) is 0 Å². The van der Waals surface area contributed by atoms with Crippen molar-refractivity contribution >= 4 is 11.9 Å². The Morgan fingerprint density at radius 3 is 1.82 bits per heavy atom. The van der Waals surface area contributed by atoms with Gasteiger partial charge in [-0.2, -0.15) is 0 Å². The summed E-state index contributed by atoms with van der Waals surface area (Å²) in [5, 5.41) is 8.51. The van der Waals surface area contributed by atoms with Crippen LogP contribution in [0.15, 0.2) is 24.3 Å². The second-order valence-corrected chi connectivity index (χ2v) is 5.59. The number of primary amides is 1. The minimum atomic E-state index is -0.691. The summed E-state index contributed by atoms with van der Waals surface area (Å²) in [6, 6.07) is 0. The molecule has 0 heterocycles. The highest BCUT2D eigenvalue weighted by Gasteiger charge is 1.95. The average Bonchev–Trinajstić information content (AvgIpc) is 2.46. The molecule has 0 aliphatic heterocycles. The summed E-state index contributed by atoms with van der Waals surface area (Å²) in [6.45, 7) is 0. The molecule has 0 radical (unpaired) electrons. The van der Waals surface area contributed by atoms with Crippen molar-refractivity contribution in [2.24, 2.45) is 5.73 Å². The van der Waals surface area contributed by atoms with Crippen LogP contribution in [0.3, 0.4) is 0 Å². The number of aliphatic carboxylic acids is 1. The van der Waals surface area contributed by atoms with Gasteiger partial charge in [0.2, 0.25) is 5.91 Å². The average molecular weight is 309 g/mol. The number of nitrogens with two attached hydrogens (primary N) is 1. The molecule has 0 aliphatic rings. The molecule has 126 valence electrons. The van der Waals surface area contributed by atoms with Gasteiger partial charge in [0.1, 0.15) is 0 Å². The maximum Gasteiger partial charge on any atom is 0.303 e. The van der Waals surface area contributed by atoms with Crippen LogP contribution in [0.25, 0.3) is 0 Å². The topological polar surface area (TPSA) is 80.4 Å². The zero-order valence-electron chi connectivity index (χ0n) is 13.6. The van der Waals surface area contributed by atoms with Crippen LogP contribution < -0.4 is 5.73 Å². The van der Waals surface area contributed by atoms with Crippen LogP contribution in [-0.2, 0) is 9.59 Å². The third-order valence-corrected chi connectivity index (χ3v) is 3.41.